The second-order valence-electron chi connectivity index (χ2n) is 7.78. The number of allylic oxidation sites excluding steroid dienone is 5. The molecular weight excluding hydrogens is 404 g/mol. The third kappa shape index (κ3) is 11.5. The van der Waals surface area contributed by atoms with Gasteiger partial charge in [0, 0.05) is 32.5 Å². The van der Waals surface area contributed by atoms with Crippen LogP contribution < -0.4 is 10.1 Å². The van der Waals surface area contributed by atoms with Crippen molar-refractivity contribution in [2.75, 3.05) is 26.7 Å². The van der Waals surface area contributed by atoms with Crippen molar-refractivity contribution < 1.29 is 19.4 Å². The van der Waals surface area contributed by atoms with Crippen LogP contribution in [0, 0.1) is 0 Å². The van der Waals surface area contributed by atoms with Crippen molar-refractivity contribution in [3.05, 3.63) is 65.3 Å². The number of aryl methyl sites for hydroxylation is 1. The zero-order valence-corrected chi connectivity index (χ0v) is 19.8. The van der Waals surface area contributed by atoms with Crippen molar-refractivity contribution in [2.45, 2.75) is 52.5 Å². The first-order valence-corrected chi connectivity index (χ1v) is 11.2. The lowest BCUT2D eigenvalue weighted by atomic mass is 10.1. The van der Waals surface area contributed by atoms with Crippen molar-refractivity contribution in [3.63, 3.8) is 0 Å². The van der Waals surface area contributed by atoms with E-state index < -0.39 is 5.97 Å². The minimum Gasteiger partial charge on any atom is -0.494 e. The van der Waals surface area contributed by atoms with Crippen LogP contribution in [0.1, 0.15) is 45.6 Å². The van der Waals surface area contributed by atoms with Gasteiger partial charge in [-0.2, -0.15) is 0 Å². The molecule has 0 unspecified atom stereocenters. The highest BCUT2D eigenvalue weighted by molar-refractivity contribution is 5.67. The monoisotopic (exact) mass is 442 g/mol. The van der Waals surface area contributed by atoms with Gasteiger partial charge in [-0.15, -0.1) is 0 Å². The number of aliphatic carboxylic acids is 1. The summed E-state index contributed by atoms with van der Waals surface area (Å²) in [5.41, 5.74) is 3.48. The Balaban J connectivity index is 2.44. The van der Waals surface area contributed by atoms with E-state index >= 15 is 0 Å². The number of carboxylic acid groups (broad SMARTS) is 1. The molecule has 1 amide bonds. The SMILES string of the molecule is C\C=C(C)/C=C\C(=C/C)CCNC[C@H](CCOc1ccc(CCC(=O)O)cc1)N(C)C=O. The Bertz CT molecular complexity index is 782. The fraction of sp³-hybridized carbons (Fsp3) is 0.462. The van der Waals surface area contributed by atoms with Crippen molar-refractivity contribution in [1.29, 1.82) is 0 Å². The summed E-state index contributed by atoms with van der Waals surface area (Å²) in [5.74, 6) is -0.0584. The molecule has 0 fully saturated rings. The maximum absolute atomic E-state index is 11.3. The first-order chi connectivity index (χ1) is 15.4. The normalized spacial score (nSPS) is 13.2. The second kappa shape index (κ2) is 15.9. The van der Waals surface area contributed by atoms with Crippen LogP contribution in [0.5, 0.6) is 5.75 Å². The van der Waals surface area contributed by atoms with Gasteiger partial charge in [0.1, 0.15) is 5.75 Å². The van der Waals surface area contributed by atoms with Gasteiger partial charge in [-0.05, 0) is 57.9 Å². The lowest BCUT2D eigenvalue weighted by molar-refractivity contribution is -0.137. The van der Waals surface area contributed by atoms with E-state index in [2.05, 4.69) is 36.5 Å². The van der Waals surface area contributed by atoms with E-state index in [1.54, 1.807) is 11.9 Å². The molecule has 0 heterocycles. The van der Waals surface area contributed by atoms with Gasteiger partial charge in [0.2, 0.25) is 6.41 Å². The smallest absolute Gasteiger partial charge is 0.303 e. The summed E-state index contributed by atoms with van der Waals surface area (Å²) in [6.45, 7) is 8.18. The maximum Gasteiger partial charge on any atom is 0.303 e. The van der Waals surface area contributed by atoms with Gasteiger partial charge < -0.3 is 20.1 Å². The third-order valence-corrected chi connectivity index (χ3v) is 5.37. The number of amides is 1. The van der Waals surface area contributed by atoms with E-state index in [0.29, 0.717) is 26.0 Å². The number of carboxylic acids is 1. The zero-order valence-electron chi connectivity index (χ0n) is 19.8. The van der Waals surface area contributed by atoms with E-state index in [9.17, 15) is 9.59 Å². The molecule has 1 aromatic carbocycles. The van der Waals surface area contributed by atoms with Crippen LogP contribution in [0.3, 0.4) is 0 Å². The number of hydrogen-bond acceptors (Lipinski definition) is 4. The summed E-state index contributed by atoms with van der Waals surface area (Å²) < 4.78 is 5.83. The molecule has 0 aliphatic rings. The van der Waals surface area contributed by atoms with Crippen molar-refractivity contribution in [2.24, 2.45) is 0 Å². The van der Waals surface area contributed by atoms with Crippen LogP contribution in [0.25, 0.3) is 0 Å². The number of carbonyl (C=O) groups excluding carboxylic acids is 1. The van der Waals surface area contributed by atoms with Crippen LogP contribution in [0.4, 0.5) is 0 Å². The molecule has 0 aliphatic carbocycles. The van der Waals surface area contributed by atoms with Gasteiger partial charge in [0.25, 0.3) is 0 Å². The number of hydrogen-bond donors (Lipinski definition) is 2. The third-order valence-electron chi connectivity index (χ3n) is 5.37. The molecule has 0 spiro atoms. The fourth-order valence-electron chi connectivity index (χ4n) is 3.01. The molecule has 0 aliphatic heterocycles. The molecule has 1 atom stereocenters. The first-order valence-electron chi connectivity index (χ1n) is 11.2. The highest BCUT2D eigenvalue weighted by Crippen LogP contribution is 2.14. The van der Waals surface area contributed by atoms with Crippen molar-refractivity contribution >= 4 is 12.4 Å². The summed E-state index contributed by atoms with van der Waals surface area (Å²) in [6.07, 6.45) is 11.6. The highest BCUT2D eigenvalue weighted by Gasteiger charge is 2.13. The number of nitrogens with zero attached hydrogens (tertiary/aromatic N) is 1. The Hall–Kier alpha value is -2.86. The Kier molecular flexibility index (Phi) is 13.5. The van der Waals surface area contributed by atoms with E-state index in [1.807, 2.05) is 38.1 Å². The molecule has 0 aromatic heterocycles. The first kappa shape index (κ1) is 27.2. The van der Waals surface area contributed by atoms with Gasteiger partial charge in [-0.25, -0.2) is 0 Å². The molecule has 0 saturated carbocycles. The molecule has 176 valence electrons. The standard InChI is InChI=1S/C26H38N2O4/c1-5-21(3)7-8-22(6-2)15-17-27-19-24(28(4)20-29)16-18-32-25-12-9-23(10-13-25)11-14-26(30)31/h5-10,12-13,20,24,27H,11,14-19H2,1-4H3,(H,30,31)/b8-7-,21-5-,22-6+/t24-/m0/s1. The van der Waals surface area contributed by atoms with E-state index in [-0.39, 0.29) is 12.5 Å². The van der Waals surface area contributed by atoms with Gasteiger partial charge in [0.05, 0.1) is 6.61 Å². The van der Waals surface area contributed by atoms with Crippen LogP contribution in [-0.4, -0.2) is 55.2 Å². The average molecular weight is 443 g/mol. The van der Waals surface area contributed by atoms with Crippen molar-refractivity contribution in [3.8, 4) is 5.75 Å². The summed E-state index contributed by atoms with van der Waals surface area (Å²) in [5, 5.41) is 12.2. The number of nitrogens with one attached hydrogen (secondary N) is 1. The van der Waals surface area contributed by atoms with Crippen LogP contribution in [-0.2, 0) is 16.0 Å². The highest BCUT2D eigenvalue weighted by atomic mass is 16.5. The summed E-state index contributed by atoms with van der Waals surface area (Å²) >= 11 is 0. The van der Waals surface area contributed by atoms with Crippen LogP contribution >= 0.6 is 0 Å². The molecule has 6 nitrogen and oxygen atoms in total. The number of rotatable bonds is 16. The van der Waals surface area contributed by atoms with Gasteiger partial charge in [0.15, 0.2) is 0 Å². The Morgan fingerprint density at radius 1 is 1.16 bits per heavy atom. The van der Waals surface area contributed by atoms with Crippen LogP contribution in [0.15, 0.2) is 59.7 Å². The molecule has 1 rings (SSSR count). The Morgan fingerprint density at radius 3 is 2.47 bits per heavy atom. The lowest BCUT2D eigenvalue weighted by Crippen LogP contribution is -2.40. The fourth-order valence-corrected chi connectivity index (χ4v) is 3.01. The molecule has 1 aromatic rings. The van der Waals surface area contributed by atoms with E-state index in [0.717, 1.165) is 30.7 Å². The summed E-state index contributed by atoms with van der Waals surface area (Å²) in [6, 6.07) is 7.53. The quantitative estimate of drug-likeness (QED) is 0.226. The second-order valence-corrected chi connectivity index (χ2v) is 7.78. The number of carbonyl (C=O) groups is 2. The Labute approximate surface area is 192 Å². The maximum atomic E-state index is 11.3. The average Bonchev–Trinajstić information content (AvgIpc) is 2.80. The number of benzene rings is 1. The predicted molar refractivity (Wildman–Crippen MR) is 130 cm³/mol. The van der Waals surface area contributed by atoms with Crippen LogP contribution in [0.2, 0.25) is 0 Å². The summed E-state index contributed by atoms with van der Waals surface area (Å²) in [4.78, 5) is 23.6. The molecule has 6 heteroatoms. The molecular formula is C26H38N2O4. The lowest BCUT2D eigenvalue weighted by Gasteiger charge is -2.25. The largest absolute Gasteiger partial charge is 0.494 e. The summed E-state index contributed by atoms with van der Waals surface area (Å²) in [7, 11) is 1.79. The van der Waals surface area contributed by atoms with Gasteiger partial charge in [-0.3, -0.25) is 9.59 Å². The topological polar surface area (TPSA) is 78.9 Å². The van der Waals surface area contributed by atoms with Gasteiger partial charge in [-0.1, -0.05) is 47.6 Å². The molecule has 2 N–H and O–H groups in total. The Morgan fingerprint density at radius 2 is 1.88 bits per heavy atom. The molecule has 32 heavy (non-hydrogen) atoms. The molecule has 0 radical (unpaired) electrons. The molecule has 0 bridgehead atoms. The van der Waals surface area contributed by atoms with E-state index in [4.69, 9.17) is 9.84 Å². The predicted octanol–water partition coefficient (Wildman–Crippen LogP) is 4.38. The minimum absolute atomic E-state index is 0.0391. The van der Waals surface area contributed by atoms with E-state index in [1.165, 1.54) is 11.1 Å². The van der Waals surface area contributed by atoms with Gasteiger partial charge >= 0.3 is 5.97 Å². The molecule has 0 saturated heterocycles. The zero-order chi connectivity index (χ0) is 23.8. The van der Waals surface area contributed by atoms with Crippen molar-refractivity contribution in [1.82, 2.24) is 10.2 Å². The minimum atomic E-state index is -0.800. The number of ether oxygens (including phenoxy) is 1. The number of likely N-dealkylation sites (N-methyl/N-ethyl adjacent to an activating group) is 1.